The molecule has 0 unspecified atom stereocenters. The van der Waals surface area contributed by atoms with E-state index in [1.54, 1.807) is 19.3 Å². The van der Waals surface area contributed by atoms with Gasteiger partial charge in [0.05, 0.1) is 0 Å². The van der Waals surface area contributed by atoms with Crippen molar-refractivity contribution >= 4 is 0 Å². The predicted octanol–water partition coefficient (Wildman–Crippen LogP) is 39.3. The third-order valence-electron chi connectivity index (χ3n) is 34.3. The van der Waals surface area contributed by atoms with Gasteiger partial charge in [0.15, 0.2) is 0 Å². The first kappa shape index (κ1) is 143. The molecule has 5 rings (SSSR count). The Bertz CT molecular complexity index is 2050. The van der Waals surface area contributed by atoms with Crippen LogP contribution in [0.2, 0.25) is 0 Å². The van der Waals surface area contributed by atoms with Gasteiger partial charge in [-0.3, -0.25) is 0 Å². The topological polar surface area (TPSA) is 120 Å². The fraction of sp³-hybridized carbons (Fsp3) is 1.00. The highest BCUT2D eigenvalue weighted by molar-refractivity contribution is 4.90. The van der Waals surface area contributed by atoms with Gasteiger partial charge in [-0.05, 0) is 318 Å². The first-order chi connectivity index (χ1) is 71.9. The molecule has 0 aromatic heterocycles. The summed E-state index contributed by atoms with van der Waals surface area (Å²) in [5.41, 5.74) is 0. The summed E-state index contributed by atoms with van der Waals surface area (Å²) in [6.07, 6.45) is 137. The van der Waals surface area contributed by atoms with E-state index in [4.69, 9.17) is 0 Å². The van der Waals surface area contributed by atoms with E-state index in [9.17, 15) is 0 Å². The summed E-state index contributed by atoms with van der Waals surface area (Å²) < 4.78 is 0. The maximum absolute atomic E-state index is 3.70. The molecule has 10 atom stereocenters. The lowest BCUT2D eigenvalue weighted by Crippen LogP contribution is -2.18. The molecular weight excluding hydrogens is 1760 g/mol. The molecule has 10 heteroatoms. The summed E-state index contributed by atoms with van der Waals surface area (Å²) in [6, 6.07) is 0. The zero-order valence-electron chi connectivity index (χ0n) is 102. The molecule has 0 heterocycles. The molecule has 0 spiro atoms. The second kappa shape index (κ2) is 122. The minimum Gasteiger partial charge on any atom is -0.317 e. The van der Waals surface area contributed by atoms with E-state index in [-0.39, 0.29) is 0 Å². The van der Waals surface area contributed by atoms with E-state index in [0.29, 0.717) is 0 Å². The van der Waals surface area contributed by atoms with Crippen molar-refractivity contribution in [1.29, 1.82) is 0 Å². The highest BCUT2D eigenvalue weighted by Gasteiger charge is 2.38. The van der Waals surface area contributed by atoms with Gasteiger partial charge in [-0.2, -0.15) is 0 Å². The molecule has 10 nitrogen and oxygen atoms in total. The van der Waals surface area contributed by atoms with Crippen LogP contribution in [0.25, 0.3) is 0 Å². The van der Waals surface area contributed by atoms with Crippen LogP contribution in [0.5, 0.6) is 0 Å². The van der Waals surface area contributed by atoms with Gasteiger partial charge in [-0.25, -0.2) is 0 Å². The van der Waals surface area contributed by atoms with Crippen molar-refractivity contribution in [2.45, 2.75) is 679 Å². The van der Waals surface area contributed by atoms with E-state index in [0.717, 1.165) is 78.8 Å². The number of hydrogen-bond acceptors (Lipinski definition) is 10. The summed E-state index contributed by atoms with van der Waals surface area (Å²) in [5.74, 6) is 10.8. The Morgan fingerprint density at radius 2 is 0.207 bits per heavy atom. The normalized spacial score (nSPS) is 18.4. The van der Waals surface area contributed by atoms with Crippen LogP contribution < -0.4 is 53.2 Å². The summed E-state index contributed by atoms with van der Waals surface area (Å²) in [6.45, 7) is 47.2. The Hall–Kier alpha value is -0.400. The van der Waals surface area contributed by atoms with Gasteiger partial charge < -0.3 is 53.2 Å². The summed E-state index contributed by atoms with van der Waals surface area (Å²) >= 11 is 0. The minimum atomic E-state index is 1.01. The number of nitrogens with one attached hydrogen (secondary N) is 10. The number of hydrogen-bond donors (Lipinski definition) is 10. The molecule has 0 amide bonds. The maximum atomic E-state index is 3.70. The smallest absolute Gasteiger partial charge is 0.00178 e. The molecule has 0 bridgehead atoms. The van der Waals surface area contributed by atoms with E-state index in [1.165, 1.54) is 702 Å². The van der Waals surface area contributed by atoms with Gasteiger partial charge in [0.2, 0.25) is 0 Å². The highest BCUT2D eigenvalue weighted by atomic mass is 14.9. The quantitative estimate of drug-likeness (QED) is 0.0270. The first-order valence-electron chi connectivity index (χ1n) is 69.0. The van der Waals surface area contributed by atoms with Crippen molar-refractivity contribution in [2.24, 2.45) is 59.2 Å². The second-order valence-corrected chi connectivity index (χ2v) is 48.8. The van der Waals surface area contributed by atoms with E-state index >= 15 is 0 Å². The zero-order chi connectivity index (χ0) is 104. The molecule has 0 aromatic rings. The number of unbranched alkanes of at least 4 members (excludes halogenated alkanes) is 67. The lowest BCUT2D eigenvalue weighted by Gasteiger charge is -2.06. The van der Waals surface area contributed by atoms with Crippen molar-refractivity contribution in [1.82, 2.24) is 53.2 Å². The van der Waals surface area contributed by atoms with Gasteiger partial charge in [0, 0.05) is 0 Å². The van der Waals surface area contributed by atoms with Crippen LogP contribution in [0, 0.1) is 59.2 Å². The summed E-state index contributed by atoms with van der Waals surface area (Å²) in [4.78, 5) is 0. The van der Waals surface area contributed by atoms with Crippen molar-refractivity contribution in [2.75, 3.05) is 131 Å². The van der Waals surface area contributed by atoms with Crippen molar-refractivity contribution in [3.8, 4) is 0 Å². The largest absolute Gasteiger partial charge is 0.317 e. The maximum Gasteiger partial charge on any atom is -0.00178 e. The molecule has 0 aliphatic heterocycles. The molecule has 0 aromatic carbocycles. The Balaban J connectivity index is 0.000000908. The molecule has 5 aliphatic rings. The van der Waals surface area contributed by atoms with Gasteiger partial charge in [-0.1, -0.05) is 551 Å². The Morgan fingerprint density at radius 3 is 0.352 bits per heavy atom. The van der Waals surface area contributed by atoms with Gasteiger partial charge in [0.25, 0.3) is 0 Å². The van der Waals surface area contributed by atoms with Crippen molar-refractivity contribution in [3.63, 3.8) is 0 Å². The lowest BCUT2D eigenvalue weighted by molar-refractivity contribution is 0.510. The molecule has 10 N–H and O–H groups in total. The zero-order valence-corrected chi connectivity index (χ0v) is 102. The third-order valence-corrected chi connectivity index (χ3v) is 34.3. The summed E-state index contributed by atoms with van der Waals surface area (Å²) in [5, 5.41) is 35.9. The van der Waals surface area contributed by atoms with Crippen LogP contribution in [0.1, 0.15) is 679 Å². The van der Waals surface area contributed by atoms with Crippen LogP contribution in [0.15, 0.2) is 0 Å². The van der Waals surface area contributed by atoms with Gasteiger partial charge >= 0.3 is 0 Å². The van der Waals surface area contributed by atoms with Crippen LogP contribution in [-0.2, 0) is 0 Å². The van der Waals surface area contributed by atoms with Gasteiger partial charge in [-0.15, -0.1) is 0 Å². The Kier molecular flexibility index (Phi) is 120. The average Bonchev–Trinajstić information content (AvgIpc) is 1.73. The molecule has 5 aliphatic carbocycles. The van der Waals surface area contributed by atoms with Crippen LogP contribution in [0.3, 0.4) is 0 Å². The molecule has 0 radical (unpaired) electrons. The van der Waals surface area contributed by atoms with E-state index in [2.05, 4.69) is 122 Å². The van der Waals surface area contributed by atoms with E-state index in [1.807, 2.05) is 0 Å². The second-order valence-electron chi connectivity index (χ2n) is 48.8. The number of rotatable bonds is 120. The highest BCUT2D eigenvalue weighted by Crippen LogP contribution is 2.48. The fourth-order valence-electron chi connectivity index (χ4n) is 23.3. The standard InChI is InChI=1S/4C28H58N2.C23H48N2/c2*1-3-5-6-7-8-9-10-13-19-24-30-25-20-15-12-17-22-28-26-27(28)21-16-11-14-18-23-29-4-2;2*1-3-5-7-9-10-11-12-15-18-22-29-23-19-16-13-17-21-27-25-28(27)26-30-24-20-14-8-6-4-2;1-3-5-6-13-19-25-20-15-10-8-12-17-23-21-22(23)16-11-7-9-14-18-24-4-2/h4*27-30H,3-26H2,1-2H3;22-25H,3-21H2,1-2H3/t4*27-,28+;22-,23+/m10100/s1. The van der Waals surface area contributed by atoms with E-state index < -0.39 is 0 Å². The molecule has 5 saturated carbocycles. The molecule has 5 fully saturated rings. The minimum absolute atomic E-state index is 1.01. The monoisotopic (exact) mass is 2040 g/mol. The molecule has 145 heavy (non-hydrogen) atoms. The molecular formula is C135H280N10. The molecule has 870 valence electrons. The summed E-state index contributed by atoms with van der Waals surface area (Å²) in [7, 11) is 0. The van der Waals surface area contributed by atoms with Crippen LogP contribution >= 0.6 is 0 Å². The van der Waals surface area contributed by atoms with Crippen LogP contribution in [-0.4, -0.2) is 131 Å². The van der Waals surface area contributed by atoms with Crippen molar-refractivity contribution < 1.29 is 0 Å². The van der Waals surface area contributed by atoms with Crippen molar-refractivity contribution in [3.05, 3.63) is 0 Å². The fourth-order valence-corrected chi connectivity index (χ4v) is 23.3. The van der Waals surface area contributed by atoms with Gasteiger partial charge in [0.1, 0.15) is 0 Å². The molecule has 0 saturated heterocycles. The first-order valence-corrected chi connectivity index (χ1v) is 69.0. The third kappa shape index (κ3) is 113. The van der Waals surface area contributed by atoms with Crippen LogP contribution in [0.4, 0.5) is 0 Å². The SMILES string of the molecule is CCCCCCCCCCCNCCCCCC[C@@H]1C[C@@H]1CCCCCCNCC.CCCCCCCCCCCNCCCCCC[C@@H]1C[C@H]1CNCCCCCCC.CCCCCCCCCCCNCCCCCC[C@H]1C[C@@H]1CNCCCCCCC.CCCCCCCCCCCNCCCCCC[C@H]1C[C@H]1CCCCCCNCC.CCCCCCNCCCCCC[C@@H]1C[C@@H]1CCCCCCNCC. The Morgan fingerprint density at radius 1 is 0.103 bits per heavy atom. The predicted molar refractivity (Wildman–Crippen MR) is 659 cm³/mol. The Labute approximate surface area is 916 Å². The lowest BCUT2D eigenvalue weighted by atomic mass is 10.1. The average molecular weight is 2040 g/mol.